The van der Waals surface area contributed by atoms with Crippen molar-refractivity contribution in [3.05, 3.63) is 59.0 Å². The third-order valence-electron chi connectivity index (χ3n) is 4.59. The van der Waals surface area contributed by atoms with Gasteiger partial charge in [0.2, 0.25) is 0 Å². The molecule has 0 spiro atoms. The predicted molar refractivity (Wildman–Crippen MR) is 110 cm³/mol. The van der Waals surface area contributed by atoms with Gasteiger partial charge in [-0.05, 0) is 43.2 Å². The van der Waals surface area contributed by atoms with Crippen molar-refractivity contribution >= 4 is 23.4 Å². The molecule has 1 saturated heterocycles. The number of aliphatic imine (C=N–C) groups is 1. The molecule has 1 aromatic heterocycles. The van der Waals surface area contributed by atoms with E-state index in [0.717, 1.165) is 18.5 Å². The zero-order valence-corrected chi connectivity index (χ0v) is 16.5. The highest BCUT2D eigenvalue weighted by Crippen LogP contribution is 2.21. The monoisotopic (exact) mass is 405 g/mol. The fourth-order valence-electron chi connectivity index (χ4n) is 3.16. The van der Waals surface area contributed by atoms with Crippen molar-refractivity contribution in [3.63, 3.8) is 0 Å². The van der Waals surface area contributed by atoms with Crippen molar-refractivity contribution < 1.29 is 9.50 Å². The maximum atomic E-state index is 14.0. The minimum atomic E-state index is -0.713. The molecule has 3 N–H and O–H groups in total. The predicted octanol–water partition coefficient (Wildman–Crippen LogP) is 2.74. The Morgan fingerprint density at radius 2 is 2.18 bits per heavy atom. The number of pyridine rings is 1. The smallest absolute Gasteiger partial charge is 0.191 e. The first kappa shape index (κ1) is 20.4. The molecule has 28 heavy (non-hydrogen) atoms. The number of nitrogens with one attached hydrogen (secondary N) is 2. The van der Waals surface area contributed by atoms with Gasteiger partial charge in [-0.25, -0.2) is 9.37 Å². The van der Waals surface area contributed by atoms with Gasteiger partial charge in [0.1, 0.15) is 0 Å². The Labute approximate surface area is 169 Å². The number of aliphatic hydroxyl groups is 1. The molecule has 2 unspecified atom stereocenters. The van der Waals surface area contributed by atoms with Crippen molar-refractivity contribution in [2.24, 2.45) is 4.99 Å². The summed E-state index contributed by atoms with van der Waals surface area (Å²) in [6.07, 6.45) is 1.73. The van der Waals surface area contributed by atoms with Gasteiger partial charge in [0.25, 0.3) is 0 Å². The average molecular weight is 406 g/mol. The molecule has 8 heteroatoms. The normalized spacial score (nSPS) is 18.2. The van der Waals surface area contributed by atoms with Crippen LogP contribution in [0.25, 0.3) is 0 Å². The second-order valence-electron chi connectivity index (χ2n) is 6.67. The topological polar surface area (TPSA) is 72.8 Å². The average Bonchev–Trinajstić information content (AvgIpc) is 3.15. The third-order valence-corrected chi connectivity index (χ3v) is 4.84. The van der Waals surface area contributed by atoms with Gasteiger partial charge in [-0.2, -0.15) is 0 Å². The maximum Gasteiger partial charge on any atom is 0.191 e. The van der Waals surface area contributed by atoms with E-state index in [1.54, 1.807) is 36.5 Å². The summed E-state index contributed by atoms with van der Waals surface area (Å²) in [5, 5.41) is 17.5. The molecule has 2 heterocycles. The number of halogens is 2. The number of guanidine groups is 1. The second-order valence-corrected chi connectivity index (χ2v) is 7.11. The molecule has 2 aromatic rings. The SMILES string of the molecule is CCNC(=NCC(O)c1ccc(Cl)cc1)NC1CCN(c2ncccc2F)C1. The van der Waals surface area contributed by atoms with Crippen molar-refractivity contribution in [2.45, 2.75) is 25.5 Å². The van der Waals surface area contributed by atoms with Crippen LogP contribution in [0.3, 0.4) is 0 Å². The van der Waals surface area contributed by atoms with Crippen LogP contribution in [0.15, 0.2) is 47.6 Å². The summed E-state index contributed by atoms with van der Waals surface area (Å²) in [4.78, 5) is 10.6. The first-order chi connectivity index (χ1) is 13.6. The molecule has 1 aliphatic rings. The first-order valence-corrected chi connectivity index (χ1v) is 9.78. The van der Waals surface area contributed by atoms with E-state index in [4.69, 9.17) is 11.6 Å². The number of nitrogens with zero attached hydrogens (tertiary/aromatic N) is 3. The van der Waals surface area contributed by atoms with Crippen molar-refractivity contribution in [3.8, 4) is 0 Å². The van der Waals surface area contributed by atoms with E-state index in [2.05, 4.69) is 20.6 Å². The zero-order valence-electron chi connectivity index (χ0n) is 15.8. The molecule has 1 aromatic carbocycles. The van der Waals surface area contributed by atoms with Gasteiger partial charge in [0.15, 0.2) is 17.6 Å². The van der Waals surface area contributed by atoms with Crippen LogP contribution < -0.4 is 15.5 Å². The molecule has 3 rings (SSSR count). The minimum Gasteiger partial charge on any atom is -0.386 e. The Morgan fingerprint density at radius 3 is 2.89 bits per heavy atom. The molecule has 6 nitrogen and oxygen atoms in total. The molecule has 1 fully saturated rings. The Bertz CT molecular complexity index is 801. The number of hydrogen-bond donors (Lipinski definition) is 3. The number of aromatic nitrogens is 1. The number of rotatable bonds is 6. The van der Waals surface area contributed by atoms with E-state index in [1.165, 1.54) is 6.07 Å². The summed E-state index contributed by atoms with van der Waals surface area (Å²) in [7, 11) is 0. The van der Waals surface area contributed by atoms with E-state index in [9.17, 15) is 9.50 Å². The van der Waals surface area contributed by atoms with Crippen LogP contribution in [-0.2, 0) is 0 Å². The summed E-state index contributed by atoms with van der Waals surface area (Å²) >= 11 is 5.88. The first-order valence-electron chi connectivity index (χ1n) is 9.40. The Hall–Kier alpha value is -2.38. The van der Waals surface area contributed by atoms with Gasteiger partial charge in [0, 0.05) is 36.9 Å². The van der Waals surface area contributed by atoms with Crippen LogP contribution in [0.1, 0.15) is 25.0 Å². The van der Waals surface area contributed by atoms with E-state index in [-0.39, 0.29) is 18.4 Å². The largest absolute Gasteiger partial charge is 0.386 e. The standard InChI is InChI=1S/C20H25ClFN5O/c1-2-23-20(25-12-18(28)14-5-7-15(21)8-6-14)26-16-9-11-27(13-16)19-17(22)4-3-10-24-19/h3-8,10,16,18,28H,2,9,11-13H2,1H3,(H2,23,25,26). The van der Waals surface area contributed by atoms with Crippen molar-refractivity contribution in [1.82, 2.24) is 15.6 Å². The van der Waals surface area contributed by atoms with Crippen LogP contribution in [0.4, 0.5) is 10.2 Å². The quantitative estimate of drug-likeness (QED) is 0.509. The van der Waals surface area contributed by atoms with Gasteiger partial charge in [-0.1, -0.05) is 23.7 Å². The minimum absolute atomic E-state index is 0.117. The highest BCUT2D eigenvalue weighted by molar-refractivity contribution is 6.30. The lowest BCUT2D eigenvalue weighted by molar-refractivity contribution is 0.187. The number of hydrogen-bond acceptors (Lipinski definition) is 4. The van der Waals surface area contributed by atoms with Gasteiger partial charge in [-0.3, -0.25) is 4.99 Å². The van der Waals surface area contributed by atoms with Crippen molar-refractivity contribution in [2.75, 3.05) is 31.1 Å². The van der Waals surface area contributed by atoms with E-state index in [0.29, 0.717) is 29.9 Å². The summed E-state index contributed by atoms with van der Waals surface area (Å²) in [5.41, 5.74) is 0.765. The summed E-state index contributed by atoms with van der Waals surface area (Å²) in [6, 6.07) is 10.2. The van der Waals surface area contributed by atoms with E-state index < -0.39 is 6.10 Å². The van der Waals surface area contributed by atoms with Crippen LogP contribution in [0.5, 0.6) is 0 Å². The van der Waals surface area contributed by atoms with Crippen LogP contribution in [0, 0.1) is 5.82 Å². The molecular formula is C20H25ClFN5O. The van der Waals surface area contributed by atoms with Gasteiger partial charge >= 0.3 is 0 Å². The molecule has 0 aliphatic carbocycles. The Balaban J connectivity index is 1.59. The maximum absolute atomic E-state index is 14.0. The molecule has 0 saturated carbocycles. The number of anilines is 1. The summed E-state index contributed by atoms with van der Waals surface area (Å²) in [5.74, 6) is 0.700. The Morgan fingerprint density at radius 1 is 1.39 bits per heavy atom. The third kappa shape index (κ3) is 5.33. The number of aliphatic hydroxyl groups excluding tert-OH is 1. The Kier molecular flexibility index (Phi) is 7.06. The highest BCUT2D eigenvalue weighted by Gasteiger charge is 2.26. The summed E-state index contributed by atoms with van der Waals surface area (Å²) in [6.45, 7) is 4.27. The number of benzene rings is 1. The lowest BCUT2D eigenvalue weighted by Crippen LogP contribution is -2.45. The van der Waals surface area contributed by atoms with Crippen LogP contribution in [0.2, 0.25) is 5.02 Å². The molecule has 1 aliphatic heterocycles. The molecule has 0 bridgehead atoms. The zero-order chi connectivity index (χ0) is 19.9. The van der Waals surface area contributed by atoms with E-state index >= 15 is 0 Å². The van der Waals surface area contributed by atoms with Gasteiger partial charge in [-0.15, -0.1) is 0 Å². The second kappa shape index (κ2) is 9.71. The van der Waals surface area contributed by atoms with Crippen LogP contribution in [-0.4, -0.2) is 48.3 Å². The highest BCUT2D eigenvalue weighted by atomic mass is 35.5. The van der Waals surface area contributed by atoms with Gasteiger partial charge in [0.05, 0.1) is 12.6 Å². The van der Waals surface area contributed by atoms with Gasteiger partial charge < -0.3 is 20.6 Å². The summed E-state index contributed by atoms with van der Waals surface area (Å²) < 4.78 is 14.0. The van der Waals surface area contributed by atoms with Crippen molar-refractivity contribution in [1.29, 1.82) is 0 Å². The fraction of sp³-hybridized carbons (Fsp3) is 0.400. The molecule has 150 valence electrons. The van der Waals surface area contributed by atoms with Crippen LogP contribution >= 0.6 is 11.6 Å². The molecular weight excluding hydrogens is 381 g/mol. The fourth-order valence-corrected chi connectivity index (χ4v) is 3.29. The van der Waals surface area contributed by atoms with E-state index in [1.807, 2.05) is 11.8 Å². The lowest BCUT2D eigenvalue weighted by atomic mass is 10.1. The molecule has 2 atom stereocenters. The molecule has 0 amide bonds. The molecule has 0 radical (unpaired) electrons. The lowest BCUT2D eigenvalue weighted by Gasteiger charge is -2.20.